The largest absolute Gasteiger partial charge is 0.394 e. The smallest absolute Gasteiger partial charge is 0.214 e. The zero-order valence-electron chi connectivity index (χ0n) is 7.50. The summed E-state index contributed by atoms with van der Waals surface area (Å²) in [6, 6.07) is 4.47. The van der Waals surface area contributed by atoms with Crippen LogP contribution in [0.2, 0.25) is 0 Å². The van der Waals surface area contributed by atoms with Crippen LogP contribution in [0.5, 0.6) is 0 Å². The Morgan fingerprint density at radius 1 is 1.62 bits per heavy atom. The van der Waals surface area contributed by atoms with Crippen molar-refractivity contribution in [2.75, 3.05) is 11.9 Å². The van der Waals surface area contributed by atoms with Crippen LogP contribution in [0.1, 0.15) is 13.3 Å². The Hall–Kier alpha value is -1.16. The minimum Gasteiger partial charge on any atom is -0.394 e. The van der Waals surface area contributed by atoms with Crippen molar-refractivity contribution >= 4 is 5.82 Å². The number of halogens is 1. The third kappa shape index (κ3) is 2.99. The molecule has 0 amide bonds. The topological polar surface area (TPSA) is 45.1 Å². The van der Waals surface area contributed by atoms with E-state index in [2.05, 4.69) is 10.3 Å². The number of aliphatic hydroxyl groups excluding tert-OH is 1. The first kappa shape index (κ1) is 9.92. The molecule has 0 unspecified atom stereocenters. The molecular weight excluding hydrogens is 171 g/mol. The minimum atomic E-state index is -0.516. The van der Waals surface area contributed by atoms with Gasteiger partial charge in [0.25, 0.3) is 0 Å². The Labute approximate surface area is 76.6 Å². The maximum Gasteiger partial charge on any atom is 0.214 e. The van der Waals surface area contributed by atoms with Gasteiger partial charge in [-0.25, -0.2) is 4.98 Å². The van der Waals surface area contributed by atoms with Crippen molar-refractivity contribution < 1.29 is 9.50 Å². The van der Waals surface area contributed by atoms with Crippen LogP contribution in [0.25, 0.3) is 0 Å². The average molecular weight is 184 g/mol. The lowest BCUT2D eigenvalue weighted by atomic mass is 10.2. The highest BCUT2D eigenvalue weighted by atomic mass is 19.1. The van der Waals surface area contributed by atoms with E-state index in [1.807, 2.05) is 6.92 Å². The number of aromatic nitrogens is 1. The Morgan fingerprint density at radius 3 is 2.92 bits per heavy atom. The molecule has 4 heteroatoms. The van der Waals surface area contributed by atoms with Crippen LogP contribution in [0, 0.1) is 5.95 Å². The number of rotatable bonds is 4. The molecule has 0 radical (unpaired) electrons. The van der Waals surface area contributed by atoms with Gasteiger partial charge >= 0.3 is 0 Å². The second-order valence-corrected chi connectivity index (χ2v) is 2.78. The van der Waals surface area contributed by atoms with E-state index in [1.165, 1.54) is 6.07 Å². The number of pyridine rings is 1. The highest BCUT2D eigenvalue weighted by molar-refractivity contribution is 5.34. The molecule has 1 aromatic heterocycles. The second-order valence-electron chi connectivity index (χ2n) is 2.78. The number of aliphatic hydroxyl groups is 1. The number of nitrogens with one attached hydrogen (secondary N) is 1. The Morgan fingerprint density at radius 2 is 2.38 bits per heavy atom. The van der Waals surface area contributed by atoms with Crippen molar-refractivity contribution in [1.29, 1.82) is 0 Å². The maximum absolute atomic E-state index is 12.6. The van der Waals surface area contributed by atoms with Crippen molar-refractivity contribution in [3.63, 3.8) is 0 Å². The van der Waals surface area contributed by atoms with E-state index in [9.17, 15) is 4.39 Å². The molecule has 0 fully saturated rings. The van der Waals surface area contributed by atoms with Gasteiger partial charge in [-0.1, -0.05) is 13.0 Å². The van der Waals surface area contributed by atoms with Gasteiger partial charge in [-0.05, 0) is 18.6 Å². The number of nitrogens with zero attached hydrogens (tertiary/aromatic N) is 1. The molecule has 0 aliphatic heterocycles. The molecule has 0 saturated heterocycles. The van der Waals surface area contributed by atoms with Gasteiger partial charge < -0.3 is 10.4 Å². The standard InChI is InChI=1S/C9H13FN2O/c1-2-7(6-13)11-9-5-3-4-8(10)12-9/h3-5,7,13H,2,6H2,1H3,(H,11,12)/t7-/m0/s1. The molecule has 72 valence electrons. The van der Waals surface area contributed by atoms with Crippen LogP contribution in [-0.2, 0) is 0 Å². The van der Waals surface area contributed by atoms with E-state index in [1.54, 1.807) is 12.1 Å². The van der Waals surface area contributed by atoms with E-state index in [4.69, 9.17) is 5.11 Å². The highest BCUT2D eigenvalue weighted by Crippen LogP contribution is 2.06. The minimum absolute atomic E-state index is 0.0225. The SMILES string of the molecule is CC[C@@H](CO)Nc1cccc(F)n1. The molecule has 0 aliphatic rings. The van der Waals surface area contributed by atoms with E-state index in [0.717, 1.165) is 6.42 Å². The normalized spacial score (nSPS) is 12.5. The molecule has 1 aromatic rings. The lowest BCUT2D eigenvalue weighted by Crippen LogP contribution is -2.23. The summed E-state index contributed by atoms with van der Waals surface area (Å²) in [6.07, 6.45) is 0.773. The predicted octanol–water partition coefficient (Wildman–Crippen LogP) is 1.40. The first-order chi connectivity index (χ1) is 6.26. The Balaban J connectivity index is 2.62. The maximum atomic E-state index is 12.6. The second kappa shape index (κ2) is 4.77. The lowest BCUT2D eigenvalue weighted by molar-refractivity contribution is 0.271. The Bertz CT molecular complexity index is 264. The van der Waals surface area contributed by atoms with Crippen molar-refractivity contribution in [2.45, 2.75) is 19.4 Å². The highest BCUT2D eigenvalue weighted by Gasteiger charge is 2.04. The zero-order chi connectivity index (χ0) is 9.68. The number of hydrogen-bond acceptors (Lipinski definition) is 3. The molecule has 3 nitrogen and oxygen atoms in total. The molecular formula is C9H13FN2O. The van der Waals surface area contributed by atoms with Crippen LogP contribution >= 0.6 is 0 Å². The first-order valence-electron chi connectivity index (χ1n) is 4.26. The van der Waals surface area contributed by atoms with Gasteiger partial charge in [0.2, 0.25) is 5.95 Å². The molecule has 13 heavy (non-hydrogen) atoms. The van der Waals surface area contributed by atoms with Crippen molar-refractivity contribution in [3.8, 4) is 0 Å². The summed E-state index contributed by atoms with van der Waals surface area (Å²) >= 11 is 0. The molecule has 2 N–H and O–H groups in total. The van der Waals surface area contributed by atoms with Crippen molar-refractivity contribution in [2.24, 2.45) is 0 Å². The van der Waals surface area contributed by atoms with Gasteiger partial charge in [-0.15, -0.1) is 0 Å². The van der Waals surface area contributed by atoms with E-state index >= 15 is 0 Å². The Kier molecular flexibility index (Phi) is 3.64. The van der Waals surface area contributed by atoms with Crippen LogP contribution in [0.3, 0.4) is 0 Å². The van der Waals surface area contributed by atoms with E-state index in [-0.39, 0.29) is 12.6 Å². The number of hydrogen-bond donors (Lipinski definition) is 2. The third-order valence-corrected chi connectivity index (χ3v) is 1.78. The molecule has 0 saturated carbocycles. The van der Waals surface area contributed by atoms with Gasteiger partial charge in [-0.3, -0.25) is 0 Å². The summed E-state index contributed by atoms with van der Waals surface area (Å²) in [5, 5.41) is 11.8. The predicted molar refractivity (Wildman–Crippen MR) is 49.0 cm³/mol. The third-order valence-electron chi connectivity index (χ3n) is 1.78. The molecule has 1 rings (SSSR count). The molecule has 0 bridgehead atoms. The van der Waals surface area contributed by atoms with E-state index < -0.39 is 5.95 Å². The lowest BCUT2D eigenvalue weighted by Gasteiger charge is -2.13. The van der Waals surface area contributed by atoms with Crippen LogP contribution in [0.4, 0.5) is 10.2 Å². The summed E-state index contributed by atoms with van der Waals surface area (Å²) in [5.41, 5.74) is 0. The van der Waals surface area contributed by atoms with Crippen molar-refractivity contribution in [1.82, 2.24) is 4.98 Å². The van der Waals surface area contributed by atoms with Crippen LogP contribution < -0.4 is 5.32 Å². The molecule has 0 aliphatic carbocycles. The van der Waals surface area contributed by atoms with Crippen LogP contribution in [-0.4, -0.2) is 22.7 Å². The average Bonchev–Trinajstić information content (AvgIpc) is 2.14. The van der Waals surface area contributed by atoms with Crippen molar-refractivity contribution in [3.05, 3.63) is 24.1 Å². The summed E-state index contributed by atoms with van der Waals surface area (Å²) < 4.78 is 12.6. The molecule has 1 heterocycles. The quantitative estimate of drug-likeness (QED) is 0.695. The van der Waals surface area contributed by atoms with Gasteiger partial charge in [0, 0.05) is 0 Å². The first-order valence-corrected chi connectivity index (χ1v) is 4.26. The fourth-order valence-corrected chi connectivity index (χ4v) is 0.975. The molecule has 0 spiro atoms. The zero-order valence-corrected chi connectivity index (χ0v) is 7.50. The van der Waals surface area contributed by atoms with Crippen LogP contribution in [0.15, 0.2) is 18.2 Å². The molecule has 0 aromatic carbocycles. The number of anilines is 1. The van der Waals surface area contributed by atoms with Gasteiger partial charge in [0.1, 0.15) is 5.82 Å². The summed E-state index contributed by atoms with van der Waals surface area (Å²) in [5.74, 6) is -0.0568. The van der Waals surface area contributed by atoms with Gasteiger partial charge in [0.15, 0.2) is 0 Å². The van der Waals surface area contributed by atoms with E-state index in [0.29, 0.717) is 5.82 Å². The summed E-state index contributed by atoms with van der Waals surface area (Å²) in [6.45, 7) is 1.96. The summed E-state index contributed by atoms with van der Waals surface area (Å²) in [7, 11) is 0. The van der Waals surface area contributed by atoms with Gasteiger partial charge in [0.05, 0.1) is 12.6 Å². The summed E-state index contributed by atoms with van der Waals surface area (Å²) in [4.78, 5) is 3.62. The molecule has 1 atom stereocenters. The fraction of sp³-hybridized carbons (Fsp3) is 0.444. The fourth-order valence-electron chi connectivity index (χ4n) is 0.975. The monoisotopic (exact) mass is 184 g/mol. The van der Waals surface area contributed by atoms with Gasteiger partial charge in [-0.2, -0.15) is 4.39 Å².